The first-order chi connectivity index (χ1) is 35.8. The van der Waals surface area contributed by atoms with Crippen LogP contribution >= 0.6 is 0 Å². The van der Waals surface area contributed by atoms with Crippen LogP contribution < -0.4 is 68.2 Å². The minimum absolute atomic E-state index is 0. The summed E-state index contributed by atoms with van der Waals surface area (Å²) in [5.74, 6) is 15.9. The molecule has 4 unspecified atom stereocenters. The van der Waals surface area contributed by atoms with E-state index in [-0.39, 0.29) is 48.7 Å². The fraction of sp³-hybridized carbons (Fsp3) is 0.426. The standard InChI is InChI=1S/C21H25NO11S.C21H25NO8.C5H5NO4S.Na/c1-5-6-7-12-29-32-20-18(22-14(2)23)21(30-16-10-8-15(28-4)9-11-16)31-17(13-27-3)19(20)33-34(24,25)26;1-5-6-7-12-27-30-20-18(22-14(2)23)21(29-17(13-25-3)19(20)24)28-16-10-8-15(26-4)9-11-16;7-11(8,9)10-6-4-2-1-3-5-6;/h8-11,17-21H,13H2,1-4H3,(H,22,23)(H,24,25,26);8-11,17-21,24H,13H2,1-4H3,(H,22,23);1-5H;/q;;;+1/t2*17?,18?,19-,20+,21+;;/m00../s1. The summed E-state index contributed by atoms with van der Waals surface area (Å²) in [5, 5.41) is 15.9. The second-order valence-electron chi connectivity index (χ2n) is 14.7. The van der Waals surface area contributed by atoms with Crippen LogP contribution in [0.4, 0.5) is 0 Å². The zero-order valence-corrected chi connectivity index (χ0v) is 46.1. The first kappa shape index (κ1) is 66.0. The van der Waals surface area contributed by atoms with Crippen LogP contribution in [0.1, 0.15) is 27.7 Å². The maximum absolute atomic E-state index is 11.9. The molecule has 26 nitrogen and oxygen atoms in total. The fourth-order valence-corrected chi connectivity index (χ4v) is 7.20. The van der Waals surface area contributed by atoms with Gasteiger partial charge in [0, 0.05) is 56.8 Å². The van der Waals surface area contributed by atoms with Crippen molar-refractivity contribution in [3.63, 3.8) is 0 Å². The van der Waals surface area contributed by atoms with Crippen molar-refractivity contribution in [2.75, 3.05) is 41.7 Å². The number of aromatic nitrogens is 1. The zero-order valence-electron chi connectivity index (χ0n) is 42.4. The number of nitrogens with zero attached hydrogens (tertiary/aromatic N) is 1. The zero-order chi connectivity index (χ0) is 55.4. The number of benzene rings is 2. The monoisotopic (exact) mass is 1120 g/mol. The summed E-state index contributed by atoms with van der Waals surface area (Å²) in [6.45, 7) is 5.60. The van der Waals surface area contributed by atoms with Crippen molar-refractivity contribution in [2.45, 2.75) is 89.0 Å². The molecule has 0 bridgehead atoms. The Labute approximate surface area is 462 Å². The topological polar surface area (TPSA) is 323 Å². The van der Waals surface area contributed by atoms with Gasteiger partial charge in [-0.3, -0.25) is 23.9 Å². The average molecular weight is 1120 g/mol. The molecule has 2 fully saturated rings. The van der Waals surface area contributed by atoms with E-state index >= 15 is 0 Å². The van der Waals surface area contributed by atoms with Crippen LogP contribution in [0.2, 0.25) is 0 Å². The number of amides is 2. The fourth-order valence-electron chi connectivity index (χ4n) is 6.37. The Bertz CT molecular complexity index is 2740. The molecule has 0 saturated carbocycles. The van der Waals surface area contributed by atoms with Crippen molar-refractivity contribution >= 4 is 32.6 Å². The predicted octanol–water partition coefficient (Wildman–Crippen LogP) is -3.08. The predicted molar refractivity (Wildman–Crippen MR) is 253 cm³/mol. The Morgan fingerprint density at radius 2 is 1.08 bits per heavy atom. The molecule has 0 radical (unpaired) electrons. The van der Waals surface area contributed by atoms with Gasteiger partial charge in [-0.25, -0.2) is 4.18 Å². The van der Waals surface area contributed by atoms with Gasteiger partial charge in [0.2, 0.25) is 36.8 Å². The van der Waals surface area contributed by atoms with Crippen molar-refractivity contribution in [3.05, 3.63) is 79.1 Å². The summed E-state index contributed by atoms with van der Waals surface area (Å²) in [5.41, 5.74) is 0. The first-order valence-corrected chi connectivity index (χ1v) is 24.3. The molecule has 0 spiro atoms. The van der Waals surface area contributed by atoms with Crippen LogP contribution in [-0.2, 0) is 73.1 Å². The van der Waals surface area contributed by atoms with E-state index in [1.165, 1.54) is 59.7 Å². The summed E-state index contributed by atoms with van der Waals surface area (Å²) in [4.78, 5) is 44.0. The molecule has 2 aliphatic heterocycles. The largest absolute Gasteiger partial charge is 1.00 e. The molecule has 76 heavy (non-hydrogen) atoms. The van der Waals surface area contributed by atoms with Crippen LogP contribution in [0, 0.1) is 47.7 Å². The molecule has 408 valence electrons. The van der Waals surface area contributed by atoms with Gasteiger partial charge in [-0.1, -0.05) is 17.9 Å². The van der Waals surface area contributed by atoms with Gasteiger partial charge in [0.1, 0.15) is 59.5 Å². The summed E-state index contributed by atoms with van der Waals surface area (Å²) in [6.07, 6.45) is -2.35. The van der Waals surface area contributed by atoms with Gasteiger partial charge in [0.05, 0.1) is 27.4 Å². The molecule has 10 atom stereocenters. The average Bonchev–Trinajstić information content (AvgIpc) is 3.35. The molecule has 4 N–H and O–H groups in total. The molecule has 29 heteroatoms. The smallest absolute Gasteiger partial charge is 0.711 e. The van der Waals surface area contributed by atoms with E-state index in [2.05, 4.69) is 62.7 Å². The number of nitrogens with one attached hydrogen (secondary N) is 2. The second-order valence-corrected chi connectivity index (χ2v) is 16.7. The van der Waals surface area contributed by atoms with Crippen LogP contribution in [-0.4, -0.2) is 146 Å². The third-order valence-corrected chi connectivity index (χ3v) is 10.1. The number of hydrogen-bond donors (Lipinski definition) is 4. The van der Waals surface area contributed by atoms with Gasteiger partial charge in [-0.15, -0.1) is 0 Å². The van der Waals surface area contributed by atoms with Crippen LogP contribution in [0.15, 0.2) is 79.1 Å². The van der Waals surface area contributed by atoms with E-state index in [0.29, 0.717) is 23.0 Å². The Kier molecular flexibility index (Phi) is 30.0. The summed E-state index contributed by atoms with van der Waals surface area (Å²) in [7, 11) is -3.77. The van der Waals surface area contributed by atoms with E-state index in [0.717, 1.165) is 4.73 Å². The molecule has 2 aromatic carbocycles. The Balaban J connectivity index is 0.000000430. The van der Waals surface area contributed by atoms with Gasteiger partial charge in [0.25, 0.3) is 0 Å². The van der Waals surface area contributed by atoms with Crippen molar-refractivity contribution in [3.8, 4) is 70.7 Å². The third-order valence-electron chi connectivity index (χ3n) is 9.32. The van der Waals surface area contributed by atoms with Crippen molar-refractivity contribution in [1.82, 2.24) is 10.6 Å². The van der Waals surface area contributed by atoms with Crippen LogP contribution in [0.25, 0.3) is 0 Å². The maximum atomic E-state index is 11.9. The number of ether oxygens (including phenoxy) is 8. The van der Waals surface area contributed by atoms with Crippen LogP contribution in [0.3, 0.4) is 0 Å². The first-order valence-electron chi connectivity index (χ1n) is 21.6. The van der Waals surface area contributed by atoms with Gasteiger partial charge in [0.15, 0.2) is 24.4 Å². The molecule has 1 aromatic heterocycles. The molecule has 3 heterocycles. The molecule has 2 amide bonds. The molecule has 3 aromatic rings. The normalized spacial score (nSPS) is 22.2. The summed E-state index contributed by atoms with van der Waals surface area (Å²) in [6, 6.07) is 15.9. The van der Waals surface area contributed by atoms with Crippen molar-refractivity contribution < 1.29 is 141 Å². The number of rotatable bonds is 20. The Hall–Kier alpha value is -6.13. The quantitative estimate of drug-likeness (QED) is 0.0166. The number of carbonyl (C=O) groups excluding carboxylic acids is 2. The van der Waals surface area contributed by atoms with E-state index in [9.17, 15) is 40.6 Å². The summed E-state index contributed by atoms with van der Waals surface area (Å²) >= 11 is 0. The van der Waals surface area contributed by atoms with E-state index in [1.807, 2.05) is 0 Å². The molecule has 5 rings (SSSR count). The number of pyridine rings is 1. The number of aliphatic hydroxyl groups excluding tert-OH is 1. The minimum Gasteiger partial charge on any atom is -0.711 e. The minimum atomic E-state index is -4.98. The van der Waals surface area contributed by atoms with Crippen LogP contribution in [0.5, 0.6) is 23.0 Å². The third kappa shape index (κ3) is 24.3. The summed E-state index contributed by atoms with van der Waals surface area (Å²) < 4.78 is 116. The maximum Gasteiger partial charge on any atom is 1.00 e. The number of aliphatic hydroxyl groups is 1. The molecular formula is C47H55N3NaO23S2+. The van der Waals surface area contributed by atoms with Gasteiger partial charge < -0.3 is 58.2 Å². The molecule has 0 aliphatic carbocycles. The number of hydrogen-bond acceptors (Lipinski definition) is 22. The van der Waals surface area contributed by atoms with Gasteiger partial charge in [-0.2, -0.15) is 30.9 Å². The second kappa shape index (κ2) is 34.5. The molecule has 2 aliphatic rings. The van der Waals surface area contributed by atoms with Gasteiger partial charge >= 0.3 is 50.4 Å². The Morgan fingerprint density at radius 3 is 1.49 bits per heavy atom. The SMILES string of the molecule is CC#CC#COO[C@@H]1C(NC(C)=O)[C@H](Oc2ccc(OC)cc2)OC(COC)[C@@H]1O.CC#CC#COO[C@@H]1C(NC(C)=O)[C@H](Oc2ccc(OC)cc2)OC(COC)[C@@H]1OS(=O)(=O)O.O=S(=O)([O-])O[n+]1ccccc1.[Na+]. The molecule has 2 saturated heterocycles. The van der Waals surface area contributed by atoms with Crippen molar-refractivity contribution in [2.24, 2.45) is 0 Å². The van der Waals surface area contributed by atoms with E-state index in [1.54, 1.807) is 75.6 Å². The van der Waals surface area contributed by atoms with Crippen molar-refractivity contribution in [1.29, 1.82) is 0 Å². The number of carbonyl (C=O) groups is 2. The van der Waals surface area contributed by atoms with Gasteiger partial charge in [-0.05, 0) is 74.2 Å². The van der Waals surface area contributed by atoms with E-state index < -0.39 is 88.0 Å². The molecular weight excluding hydrogens is 1060 g/mol. The van der Waals surface area contributed by atoms with E-state index in [4.69, 9.17) is 61.6 Å². The number of methoxy groups -OCH3 is 4. The Morgan fingerprint density at radius 1 is 0.658 bits per heavy atom.